The van der Waals surface area contributed by atoms with E-state index in [1.807, 2.05) is 18.3 Å². The molecule has 0 radical (unpaired) electrons. The lowest BCUT2D eigenvalue weighted by molar-refractivity contribution is -0.136. The van der Waals surface area contributed by atoms with Crippen molar-refractivity contribution in [3.63, 3.8) is 0 Å². The minimum absolute atomic E-state index is 0.321. The zero-order chi connectivity index (χ0) is 14.9. The van der Waals surface area contributed by atoms with Crippen LogP contribution in [0.25, 0.3) is 10.9 Å². The monoisotopic (exact) mass is 296 g/mol. The van der Waals surface area contributed by atoms with Gasteiger partial charge in [0.15, 0.2) is 0 Å². The molecule has 2 atom stereocenters. The molecule has 1 saturated carbocycles. The zero-order valence-electron chi connectivity index (χ0n) is 13.1. The first kappa shape index (κ1) is 13.9. The first-order chi connectivity index (χ1) is 10.8. The van der Waals surface area contributed by atoms with E-state index in [-0.39, 0.29) is 0 Å². The number of para-hydroxylation sites is 1. The fraction of sp³-hybridized carbons (Fsp3) is 0.526. The fourth-order valence-electron chi connectivity index (χ4n) is 4.48. The average molecular weight is 296 g/mol. The maximum absolute atomic E-state index is 12.9. The van der Waals surface area contributed by atoms with Crippen LogP contribution in [-0.2, 0) is 11.2 Å². The number of piperidine rings is 1. The van der Waals surface area contributed by atoms with Gasteiger partial charge in [0, 0.05) is 29.7 Å². The summed E-state index contributed by atoms with van der Waals surface area (Å²) in [6, 6.07) is 8.76. The Morgan fingerprint density at radius 1 is 1.14 bits per heavy atom. The Hall–Kier alpha value is -1.77. The number of carbonyl (C=O) groups excluding carboxylic acids is 1. The van der Waals surface area contributed by atoms with Gasteiger partial charge in [0.1, 0.15) is 0 Å². The number of hydrogen-bond donors (Lipinski definition) is 1. The Bertz CT molecular complexity index is 673. The van der Waals surface area contributed by atoms with E-state index in [2.05, 4.69) is 22.0 Å². The van der Waals surface area contributed by atoms with Gasteiger partial charge in [-0.3, -0.25) is 4.79 Å². The largest absolute Gasteiger partial charge is 0.361 e. The molecule has 2 fully saturated rings. The summed E-state index contributed by atoms with van der Waals surface area (Å²) >= 11 is 0. The number of fused-ring (bicyclic) bond motifs is 2. The average Bonchev–Trinajstić information content (AvgIpc) is 2.97. The van der Waals surface area contributed by atoms with Gasteiger partial charge in [-0.2, -0.15) is 0 Å². The molecule has 1 amide bonds. The van der Waals surface area contributed by atoms with Gasteiger partial charge in [-0.05, 0) is 43.2 Å². The van der Waals surface area contributed by atoms with Crippen molar-refractivity contribution in [1.82, 2.24) is 9.88 Å². The van der Waals surface area contributed by atoms with Gasteiger partial charge < -0.3 is 9.88 Å². The van der Waals surface area contributed by atoms with Gasteiger partial charge in [-0.25, -0.2) is 0 Å². The summed E-state index contributed by atoms with van der Waals surface area (Å²) in [6.45, 7) is 0.961. The van der Waals surface area contributed by atoms with Crippen molar-refractivity contribution in [1.29, 1.82) is 0 Å². The fourth-order valence-corrected chi connectivity index (χ4v) is 4.48. The van der Waals surface area contributed by atoms with Gasteiger partial charge in [-0.15, -0.1) is 0 Å². The molecule has 1 aliphatic heterocycles. The molecule has 22 heavy (non-hydrogen) atoms. The molecule has 1 aromatic carbocycles. The molecule has 2 aromatic rings. The van der Waals surface area contributed by atoms with Gasteiger partial charge >= 0.3 is 0 Å². The van der Waals surface area contributed by atoms with Crippen LogP contribution in [0.3, 0.4) is 0 Å². The molecule has 1 aliphatic carbocycles. The molecular weight excluding hydrogens is 272 g/mol. The number of nitrogens with one attached hydrogen (secondary N) is 1. The van der Waals surface area contributed by atoms with E-state index < -0.39 is 0 Å². The smallest absolute Gasteiger partial charge is 0.227 e. The summed E-state index contributed by atoms with van der Waals surface area (Å²) in [5.41, 5.74) is 2.26. The molecule has 0 spiro atoms. The molecule has 2 heterocycles. The number of rotatable bonds is 2. The third-order valence-electron chi connectivity index (χ3n) is 5.58. The molecule has 1 aromatic heterocycles. The lowest BCUT2D eigenvalue weighted by atomic mass is 9.78. The van der Waals surface area contributed by atoms with Crippen LogP contribution in [0.2, 0.25) is 0 Å². The second-order valence-electron chi connectivity index (χ2n) is 6.88. The van der Waals surface area contributed by atoms with Gasteiger partial charge in [-0.1, -0.05) is 31.0 Å². The predicted octanol–water partition coefficient (Wildman–Crippen LogP) is 3.89. The number of hydrogen-bond acceptors (Lipinski definition) is 1. The highest BCUT2D eigenvalue weighted by Crippen LogP contribution is 2.35. The summed E-state index contributed by atoms with van der Waals surface area (Å²) in [5.74, 6) is 1.08. The maximum Gasteiger partial charge on any atom is 0.227 e. The Kier molecular flexibility index (Phi) is 3.65. The molecule has 1 N–H and O–H groups in total. The van der Waals surface area contributed by atoms with Crippen molar-refractivity contribution in [3.05, 3.63) is 36.0 Å². The first-order valence-corrected chi connectivity index (χ1v) is 8.67. The van der Waals surface area contributed by atoms with Crippen molar-refractivity contribution >= 4 is 16.8 Å². The SMILES string of the molecule is O=C(Cc1c[nH]c2ccccc12)N1CCCC2CCCCC21. The summed E-state index contributed by atoms with van der Waals surface area (Å²) in [7, 11) is 0. The summed E-state index contributed by atoms with van der Waals surface area (Å²) in [5, 5.41) is 1.19. The maximum atomic E-state index is 12.9. The number of amides is 1. The molecule has 0 bridgehead atoms. The highest BCUT2D eigenvalue weighted by Gasteiger charge is 2.35. The quantitative estimate of drug-likeness (QED) is 0.896. The van der Waals surface area contributed by atoms with Crippen LogP contribution < -0.4 is 0 Å². The number of H-pyrrole nitrogens is 1. The van der Waals surface area contributed by atoms with Crippen LogP contribution in [-0.4, -0.2) is 28.4 Å². The van der Waals surface area contributed by atoms with Crippen molar-refractivity contribution in [2.45, 2.75) is 51.0 Å². The van der Waals surface area contributed by atoms with Crippen molar-refractivity contribution in [2.24, 2.45) is 5.92 Å². The predicted molar refractivity (Wildman–Crippen MR) is 88.7 cm³/mol. The van der Waals surface area contributed by atoms with Gasteiger partial charge in [0.25, 0.3) is 0 Å². The van der Waals surface area contributed by atoms with E-state index in [0.29, 0.717) is 18.4 Å². The van der Waals surface area contributed by atoms with Crippen molar-refractivity contribution in [3.8, 4) is 0 Å². The Labute approximate surface area is 131 Å². The van der Waals surface area contributed by atoms with E-state index in [1.54, 1.807) is 0 Å². The molecular formula is C19H24N2O. The summed E-state index contributed by atoms with van der Waals surface area (Å²) in [4.78, 5) is 18.4. The minimum Gasteiger partial charge on any atom is -0.361 e. The molecule has 3 nitrogen and oxygen atoms in total. The van der Waals surface area contributed by atoms with E-state index in [9.17, 15) is 4.79 Å². The second kappa shape index (κ2) is 5.79. The molecule has 116 valence electrons. The summed E-state index contributed by atoms with van der Waals surface area (Å²) < 4.78 is 0. The van der Waals surface area contributed by atoms with Gasteiger partial charge in [0.05, 0.1) is 6.42 Å². The highest BCUT2D eigenvalue weighted by molar-refractivity contribution is 5.89. The molecule has 2 unspecified atom stereocenters. The van der Waals surface area contributed by atoms with Crippen LogP contribution in [0.4, 0.5) is 0 Å². The van der Waals surface area contributed by atoms with E-state index in [4.69, 9.17) is 0 Å². The number of likely N-dealkylation sites (tertiary alicyclic amines) is 1. The van der Waals surface area contributed by atoms with Gasteiger partial charge in [0.2, 0.25) is 5.91 Å². The van der Waals surface area contributed by atoms with Crippen LogP contribution >= 0.6 is 0 Å². The molecule has 3 heteroatoms. The molecule has 2 aliphatic rings. The molecule has 1 saturated heterocycles. The standard InChI is InChI=1S/C19H24N2O/c22-19(12-15-13-20-17-9-3-2-8-16(15)17)21-11-5-7-14-6-1-4-10-18(14)21/h2-3,8-9,13-14,18,20H,1,4-7,10-12H2. The van der Waals surface area contributed by atoms with E-state index >= 15 is 0 Å². The normalized spacial score (nSPS) is 25.2. The Morgan fingerprint density at radius 3 is 2.91 bits per heavy atom. The first-order valence-electron chi connectivity index (χ1n) is 8.67. The zero-order valence-corrected chi connectivity index (χ0v) is 13.1. The topological polar surface area (TPSA) is 36.1 Å². The number of carbonyl (C=O) groups is 1. The third kappa shape index (κ3) is 2.43. The Morgan fingerprint density at radius 2 is 1.95 bits per heavy atom. The summed E-state index contributed by atoms with van der Waals surface area (Å²) in [6.07, 6.45) is 10.2. The highest BCUT2D eigenvalue weighted by atomic mass is 16.2. The third-order valence-corrected chi connectivity index (χ3v) is 5.58. The number of benzene rings is 1. The number of aromatic amines is 1. The lowest BCUT2D eigenvalue weighted by Gasteiger charge is -2.44. The van der Waals surface area contributed by atoms with Crippen LogP contribution in [0.5, 0.6) is 0 Å². The van der Waals surface area contributed by atoms with E-state index in [1.165, 1.54) is 43.9 Å². The van der Waals surface area contributed by atoms with Crippen LogP contribution in [0.1, 0.15) is 44.1 Å². The van der Waals surface area contributed by atoms with Crippen molar-refractivity contribution in [2.75, 3.05) is 6.54 Å². The van der Waals surface area contributed by atoms with Crippen LogP contribution in [0.15, 0.2) is 30.5 Å². The lowest BCUT2D eigenvalue weighted by Crippen LogP contribution is -2.50. The number of aromatic nitrogens is 1. The minimum atomic E-state index is 0.321. The van der Waals surface area contributed by atoms with E-state index in [0.717, 1.165) is 23.5 Å². The second-order valence-corrected chi connectivity index (χ2v) is 6.88. The van der Waals surface area contributed by atoms with Crippen LogP contribution in [0, 0.1) is 5.92 Å². The Balaban J connectivity index is 1.53. The van der Waals surface area contributed by atoms with Crippen molar-refractivity contribution < 1.29 is 4.79 Å². The molecule has 4 rings (SSSR count). The number of nitrogens with zero attached hydrogens (tertiary/aromatic N) is 1.